The highest BCUT2D eigenvalue weighted by atomic mass is 19.4. The van der Waals surface area contributed by atoms with Gasteiger partial charge in [0.1, 0.15) is 11.4 Å². The number of anilines is 2. The van der Waals surface area contributed by atoms with E-state index in [1.807, 2.05) is 10.9 Å². The number of aliphatic hydroxyl groups is 1. The number of aromatic nitrogens is 3. The summed E-state index contributed by atoms with van der Waals surface area (Å²) >= 11 is 0. The molecule has 3 aliphatic heterocycles. The van der Waals surface area contributed by atoms with E-state index in [9.17, 15) is 50.6 Å². The summed E-state index contributed by atoms with van der Waals surface area (Å²) in [6, 6.07) is 9.25. The Bertz CT molecular complexity index is 2410. The third-order valence-electron chi connectivity index (χ3n) is 12.8. The third kappa shape index (κ3) is 12.8. The van der Waals surface area contributed by atoms with Crippen LogP contribution in [0.25, 0.3) is 10.9 Å². The molecule has 0 saturated carbocycles. The van der Waals surface area contributed by atoms with Gasteiger partial charge >= 0.3 is 18.6 Å². The number of benzene rings is 2. The zero-order chi connectivity index (χ0) is 48.1. The Kier molecular flexibility index (Phi) is 15.1. The molecule has 0 aliphatic carbocycles. The molecular formula is C47H56F6N8O6. The van der Waals surface area contributed by atoms with Gasteiger partial charge in [-0.2, -0.15) is 18.3 Å². The van der Waals surface area contributed by atoms with Crippen molar-refractivity contribution < 1.29 is 55.4 Å². The first-order chi connectivity index (χ1) is 31.7. The van der Waals surface area contributed by atoms with Crippen molar-refractivity contribution in [3.63, 3.8) is 0 Å². The molecule has 0 bridgehead atoms. The minimum absolute atomic E-state index is 0.115. The number of ether oxygens (including phenoxy) is 1. The van der Waals surface area contributed by atoms with Gasteiger partial charge in [0.15, 0.2) is 5.75 Å². The highest BCUT2D eigenvalue weighted by molar-refractivity contribution is 6.07. The second-order valence-corrected chi connectivity index (χ2v) is 18.2. The van der Waals surface area contributed by atoms with Crippen LogP contribution in [0.15, 0.2) is 54.7 Å². The minimum Gasteiger partial charge on any atom is -0.404 e. The number of nitrogens with zero attached hydrogens (tertiary/aromatic N) is 6. The molecule has 3 N–H and O–H groups in total. The van der Waals surface area contributed by atoms with Crippen LogP contribution in [0.5, 0.6) is 5.75 Å². The number of amides is 5. The number of carbonyl (C=O) groups excluding carboxylic acids is 4. The molecule has 5 amide bonds. The van der Waals surface area contributed by atoms with E-state index in [1.165, 1.54) is 18.2 Å². The molecule has 2 aromatic heterocycles. The number of halogens is 6. The fraction of sp³-hybridized carbons (Fsp3) is 0.532. The summed E-state index contributed by atoms with van der Waals surface area (Å²) in [6.07, 6.45) is 2.34. The number of pyridine rings is 1. The number of fused-ring (bicyclic) bond motifs is 1. The normalized spacial score (nSPS) is 18.3. The van der Waals surface area contributed by atoms with E-state index >= 15 is 0 Å². The van der Waals surface area contributed by atoms with Crippen molar-refractivity contribution in [3.05, 3.63) is 77.2 Å². The van der Waals surface area contributed by atoms with Crippen LogP contribution in [-0.2, 0) is 16.6 Å². The summed E-state index contributed by atoms with van der Waals surface area (Å²) in [6.45, 7) is 6.67. The Hall–Kier alpha value is -5.76. The van der Waals surface area contributed by atoms with Crippen LogP contribution in [0.4, 0.5) is 42.5 Å². The minimum atomic E-state index is -5.04. The van der Waals surface area contributed by atoms with E-state index < -0.39 is 53.1 Å². The van der Waals surface area contributed by atoms with Gasteiger partial charge < -0.3 is 25.0 Å². The zero-order valence-corrected chi connectivity index (χ0v) is 37.5. The predicted molar refractivity (Wildman–Crippen MR) is 236 cm³/mol. The lowest BCUT2D eigenvalue weighted by molar-refractivity contribution is -0.274. The van der Waals surface area contributed by atoms with Crippen LogP contribution in [0.3, 0.4) is 0 Å². The number of carbonyl (C=O) groups is 4. The number of piperidine rings is 1. The average molecular weight is 943 g/mol. The summed E-state index contributed by atoms with van der Waals surface area (Å²) in [5, 5.41) is 21.3. The molecule has 0 unspecified atom stereocenters. The summed E-state index contributed by atoms with van der Waals surface area (Å²) in [7, 11) is 0. The molecule has 3 aliphatic rings. The van der Waals surface area contributed by atoms with Crippen molar-refractivity contribution in [1.82, 2.24) is 29.9 Å². The Morgan fingerprint density at radius 3 is 2.21 bits per heavy atom. The maximum absolute atomic E-state index is 13.8. The van der Waals surface area contributed by atoms with Gasteiger partial charge in [0.2, 0.25) is 5.91 Å². The topological polar surface area (TPSA) is 162 Å². The second-order valence-electron chi connectivity index (χ2n) is 18.2. The lowest BCUT2D eigenvalue weighted by Crippen LogP contribution is -2.49. The fourth-order valence-electron chi connectivity index (χ4n) is 9.19. The van der Waals surface area contributed by atoms with Gasteiger partial charge in [-0.25, -0.2) is 9.78 Å². The maximum atomic E-state index is 13.8. The Morgan fingerprint density at radius 1 is 0.866 bits per heavy atom. The van der Waals surface area contributed by atoms with Gasteiger partial charge in [-0.15, -0.1) is 13.2 Å². The quantitative estimate of drug-likeness (QED) is 0.132. The Balaban J connectivity index is 0.901. The van der Waals surface area contributed by atoms with Gasteiger partial charge in [0.25, 0.3) is 11.8 Å². The number of nitrogens with one attached hydrogen (secondary N) is 2. The van der Waals surface area contributed by atoms with E-state index in [1.54, 1.807) is 30.9 Å². The number of urea groups is 1. The molecule has 3 saturated heterocycles. The molecule has 20 heteroatoms. The molecular weight excluding hydrogens is 887 g/mol. The molecule has 2 aromatic carbocycles. The molecule has 0 spiro atoms. The van der Waals surface area contributed by atoms with E-state index in [0.29, 0.717) is 35.5 Å². The van der Waals surface area contributed by atoms with E-state index in [4.69, 9.17) is 5.10 Å². The molecule has 67 heavy (non-hydrogen) atoms. The van der Waals surface area contributed by atoms with Crippen molar-refractivity contribution in [2.24, 2.45) is 5.92 Å². The van der Waals surface area contributed by atoms with Gasteiger partial charge in [-0.1, -0.05) is 44.6 Å². The van der Waals surface area contributed by atoms with Crippen molar-refractivity contribution in [2.45, 2.75) is 115 Å². The number of hydrogen-bond donors (Lipinski definition) is 3. The molecule has 0 atom stereocenters. The van der Waals surface area contributed by atoms with Gasteiger partial charge in [0, 0.05) is 67.5 Å². The Morgan fingerprint density at radius 2 is 1.57 bits per heavy atom. The molecule has 14 nitrogen and oxygen atoms in total. The second kappa shape index (κ2) is 20.6. The van der Waals surface area contributed by atoms with Crippen LogP contribution in [0, 0.1) is 5.92 Å². The van der Waals surface area contributed by atoms with Gasteiger partial charge in [-0.3, -0.25) is 29.3 Å². The van der Waals surface area contributed by atoms with Crippen molar-refractivity contribution in [2.75, 3.05) is 49.5 Å². The lowest BCUT2D eigenvalue weighted by Gasteiger charge is -2.33. The Labute approximate surface area is 384 Å². The average Bonchev–Trinajstić information content (AvgIpc) is 3.68. The molecule has 7 rings (SSSR count). The number of imide groups is 1. The molecule has 362 valence electrons. The van der Waals surface area contributed by atoms with Crippen molar-refractivity contribution >= 4 is 46.0 Å². The molecule has 4 aromatic rings. The van der Waals surface area contributed by atoms with E-state index in [-0.39, 0.29) is 41.9 Å². The largest absolute Gasteiger partial charge is 0.573 e. The fourth-order valence-corrected chi connectivity index (χ4v) is 9.19. The van der Waals surface area contributed by atoms with Crippen LogP contribution < -0.4 is 20.3 Å². The highest BCUT2D eigenvalue weighted by Gasteiger charge is 2.36. The number of hydrogen-bond acceptors (Lipinski definition) is 9. The third-order valence-corrected chi connectivity index (χ3v) is 12.8. The first-order valence-electron chi connectivity index (χ1n) is 22.9. The van der Waals surface area contributed by atoms with E-state index in [2.05, 4.69) is 25.3 Å². The summed E-state index contributed by atoms with van der Waals surface area (Å²) in [4.78, 5) is 59.9. The standard InChI is InChI=1S/C47H56F6N8O6/c1-45(2,66)34-28-36-32(26-37(34)55-42(63)35-12-9-13-40(54-35)46(48,49)50)29-61(57-36)33-17-23-58(24-18-33)22-16-30-10-5-3-7-20-59(21-8-4-6-11-30)43(64)31-14-15-39(67-47(51,52)53)38(27-31)60-25-19-41(62)56-44(60)65/h9,12-15,26-30,33,66H,3-8,10-11,16-25H2,1-2H3,(H,55,63)(H,56,62,65). The predicted octanol–water partition coefficient (Wildman–Crippen LogP) is 9.19. The summed E-state index contributed by atoms with van der Waals surface area (Å²) < 4.78 is 85.8. The SMILES string of the molecule is CC(C)(O)c1cc2nn(C3CCN(CCC4CCCCCN(C(=O)c5ccc(OC(F)(F)F)c(N6CCC(=O)NC6=O)c5)CCCCC4)CC3)cc2cc1NC(=O)c1cccc(C(F)(F)F)n1. The van der Waals surface area contributed by atoms with Crippen LogP contribution in [-0.4, -0.2) is 99.1 Å². The molecule has 0 radical (unpaired) electrons. The summed E-state index contributed by atoms with van der Waals surface area (Å²) in [5.41, 5.74) is -1.89. The zero-order valence-electron chi connectivity index (χ0n) is 37.5. The van der Waals surface area contributed by atoms with Crippen molar-refractivity contribution in [1.29, 1.82) is 0 Å². The van der Waals surface area contributed by atoms with Gasteiger partial charge in [0.05, 0.1) is 22.8 Å². The van der Waals surface area contributed by atoms with Crippen LogP contribution >= 0.6 is 0 Å². The maximum Gasteiger partial charge on any atom is 0.573 e. The van der Waals surface area contributed by atoms with Crippen molar-refractivity contribution in [3.8, 4) is 5.75 Å². The highest BCUT2D eigenvalue weighted by Crippen LogP contribution is 2.37. The molecule has 5 heterocycles. The number of likely N-dealkylation sites (tertiary alicyclic amines) is 1. The van der Waals surface area contributed by atoms with Crippen LogP contribution in [0.1, 0.15) is 129 Å². The summed E-state index contributed by atoms with van der Waals surface area (Å²) in [5.74, 6) is -1.81. The van der Waals surface area contributed by atoms with Gasteiger partial charge in [-0.05, 0) is 101 Å². The molecule has 3 fully saturated rings. The smallest absolute Gasteiger partial charge is 0.404 e. The number of alkyl halides is 6. The first kappa shape index (κ1) is 49.2. The first-order valence-corrected chi connectivity index (χ1v) is 22.9. The van der Waals surface area contributed by atoms with Crippen LogP contribution in [0.2, 0.25) is 0 Å². The lowest BCUT2D eigenvalue weighted by atomic mass is 9.91. The number of rotatable bonds is 10. The monoisotopic (exact) mass is 942 g/mol. The van der Waals surface area contributed by atoms with E-state index in [0.717, 1.165) is 113 Å².